The van der Waals surface area contributed by atoms with Crippen molar-refractivity contribution in [1.29, 1.82) is 5.26 Å². The number of allylic oxidation sites excluding steroid dienone is 1. The second-order valence-corrected chi connectivity index (χ2v) is 7.82. The van der Waals surface area contributed by atoms with E-state index in [2.05, 4.69) is 48.0 Å². The van der Waals surface area contributed by atoms with Crippen molar-refractivity contribution in [1.82, 2.24) is 14.8 Å². The number of piperazine rings is 1. The van der Waals surface area contributed by atoms with E-state index in [0.29, 0.717) is 16.3 Å². The number of unbranched alkanes of at least 4 members (excludes halogenated alkanes) is 1. The van der Waals surface area contributed by atoms with Crippen LogP contribution in [-0.2, 0) is 0 Å². The highest BCUT2D eigenvalue weighted by molar-refractivity contribution is 6.36. The number of pyridine rings is 1. The van der Waals surface area contributed by atoms with Crippen LogP contribution in [0.25, 0.3) is 17.0 Å². The lowest BCUT2D eigenvalue weighted by Gasteiger charge is -2.35. The molecule has 0 atom stereocenters. The molecule has 1 saturated heterocycles. The number of fused-ring (bicyclic) bond motifs is 1. The average molecular weight is 411 g/mol. The SMILES string of the molecule is C=C(CCCC)N1CCN(C)CC1.C=Cc1ccc2c(Cl)c(C#N)c(C)nc2c1. The van der Waals surface area contributed by atoms with Gasteiger partial charge in [0.1, 0.15) is 6.07 Å². The Bertz CT molecular complexity index is 905. The van der Waals surface area contributed by atoms with E-state index in [1.54, 1.807) is 13.0 Å². The molecule has 0 spiro atoms. The predicted molar refractivity (Wildman–Crippen MR) is 124 cm³/mol. The third-order valence-electron chi connectivity index (χ3n) is 5.24. The molecule has 3 rings (SSSR count). The Hall–Kier alpha value is -2.35. The number of nitriles is 1. The lowest BCUT2D eigenvalue weighted by molar-refractivity contribution is 0.182. The number of halogens is 1. The molecular weight excluding hydrogens is 380 g/mol. The molecule has 29 heavy (non-hydrogen) atoms. The van der Waals surface area contributed by atoms with Gasteiger partial charge in [0.05, 0.1) is 21.8 Å². The molecule has 2 heterocycles. The van der Waals surface area contributed by atoms with Gasteiger partial charge in [-0.1, -0.05) is 56.3 Å². The molecule has 2 aromatic rings. The number of benzene rings is 1. The zero-order chi connectivity index (χ0) is 21.4. The van der Waals surface area contributed by atoms with Crippen molar-refractivity contribution in [3.05, 3.63) is 58.9 Å². The van der Waals surface area contributed by atoms with Gasteiger partial charge in [-0.3, -0.25) is 4.98 Å². The Morgan fingerprint density at radius 3 is 2.59 bits per heavy atom. The molecule has 0 saturated carbocycles. The van der Waals surface area contributed by atoms with Crippen LogP contribution in [0.4, 0.5) is 0 Å². The smallest absolute Gasteiger partial charge is 0.103 e. The molecule has 0 bridgehead atoms. The first-order chi connectivity index (χ1) is 13.9. The highest BCUT2D eigenvalue weighted by Crippen LogP contribution is 2.28. The van der Waals surface area contributed by atoms with Gasteiger partial charge in [-0.15, -0.1) is 0 Å². The van der Waals surface area contributed by atoms with Crippen LogP contribution in [0.1, 0.15) is 43.0 Å². The van der Waals surface area contributed by atoms with Crippen molar-refractivity contribution in [2.45, 2.75) is 33.1 Å². The zero-order valence-corrected chi connectivity index (χ0v) is 18.6. The second kappa shape index (κ2) is 11.0. The Labute approximate surface area is 180 Å². The first-order valence-corrected chi connectivity index (χ1v) is 10.5. The summed E-state index contributed by atoms with van der Waals surface area (Å²) in [5.41, 5.74) is 4.22. The summed E-state index contributed by atoms with van der Waals surface area (Å²) in [5.74, 6) is 0. The largest absolute Gasteiger partial charge is 0.373 e. The van der Waals surface area contributed by atoms with E-state index in [4.69, 9.17) is 16.9 Å². The van der Waals surface area contributed by atoms with Crippen molar-refractivity contribution in [3.63, 3.8) is 0 Å². The van der Waals surface area contributed by atoms with Crippen LogP contribution < -0.4 is 0 Å². The highest BCUT2D eigenvalue weighted by Gasteiger charge is 2.14. The standard InChI is InChI=1S/C13H9ClN2.C11H22N2/c1-3-9-4-5-10-12(6-9)16-8(2)11(7-15)13(10)14;1-4-5-6-11(2)13-9-7-12(3)8-10-13/h3-6H,1H2,2H3;2,4-10H2,1,3H3. The minimum atomic E-state index is 0.445. The first-order valence-electron chi connectivity index (χ1n) is 10.1. The molecule has 0 aliphatic carbocycles. The van der Waals surface area contributed by atoms with Gasteiger partial charge in [-0.2, -0.15) is 5.26 Å². The fourth-order valence-corrected chi connectivity index (χ4v) is 3.61. The van der Waals surface area contributed by atoms with Crippen LogP contribution in [0.2, 0.25) is 5.02 Å². The lowest BCUT2D eigenvalue weighted by Crippen LogP contribution is -2.43. The zero-order valence-electron chi connectivity index (χ0n) is 17.8. The van der Waals surface area contributed by atoms with Crippen molar-refractivity contribution in [2.75, 3.05) is 33.2 Å². The number of aromatic nitrogens is 1. The minimum absolute atomic E-state index is 0.445. The average Bonchev–Trinajstić information content (AvgIpc) is 2.72. The van der Waals surface area contributed by atoms with E-state index >= 15 is 0 Å². The lowest BCUT2D eigenvalue weighted by atomic mass is 10.1. The van der Waals surface area contributed by atoms with Gasteiger partial charge in [0.25, 0.3) is 0 Å². The molecule has 1 aliphatic rings. The molecule has 5 heteroatoms. The molecule has 1 aromatic carbocycles. The quantitative estimate of drug-likeness (QED) is 0.638. The van der Waals surface area contributed by atoms with E-state index < -0.39 is 0 Å². The normalized spacial score (nSPS) is 14.1. The summed E-state index contributed by atoms with van der Waals surface area (Å²) in [6.45, 7) is 16.6. The maximum atomic E-state index is 8.97. The Kier molecular flexibility index (Phi) is 8.70. The molecule has 1 aromatic heterocycles. The monoisotopic (exact) mass is 410 g/mol. The second-order valence-electron chi connectivity index (χ2n) is 7.44. The van der Waals surface area contributed by atoms with Gasteiger partial charge in [-0.25, -0.2) is 0 Å². The number of hydrogen-bond donors (Lipinski definition) is 0. The fourth-order valence-electron chi connectivity index (χ4n) is 3.28. The van der Waals surface area contributed by atoms with Gasteiger partial charge >= 0.3 is 0 Å². The van der Waals surface area contributed by atoms with Crippen LogP contribution in [0, 0.1) is 18.3 Å². The fraction of sp³-hybridized carbons (Fsp3) is 0.417. The molecule has 0 N–H and O–H groups in total. The van der Waals surface area contributed by atoms with Gasteiger partial charge in [0, 0.05) is 37.3 Å². The third-order valence-corrected chi connectivity index (χ3v) is 5.64. The van der Waals surface area contributed by atoms with Crippen LogP contribution in [0.15, 0.2) is 37.1 Å². The number of rotatable bonds is 5. The Balaban J connectivity index is 0.000000212. The number of nitrogens with zero attached hydrogens (tertiary/aromatic N) is 4. The molecule has 154 valence electrons. The van der Waals surface area contributed by atoms with Gasteiger partial charge in [0.2, 0.25) is 0 Å². The summed E-state index contributed by atoms with van der Waals surface area (Å²) >= 11 is 6.15. The maximum Gasteiger partial charge on any atom is 0.103 e. The van der Waals surface area contributed by atoms with Gasteiger partial charge < -0.3 is 9.80 Å². The van der Waals surface area contributed by atoms with E-state index in [0.717, 1.165) is 16.5 Å². The molecule has 1 fully saturated rings. The minimum Gasteiger partial charge on any atom is -0.373 e. The van der Waals surface area contributed by atoms with Crippen molar-refractivity contribution in [2.24, 2.45) is 0 Å². The topological polar surface area (TPSA) is 43.2 Å². The Morgan fingerprint density at radius 1 is 1.31 bits per heavy atom. The molecule has 0 amide bonds. The predicted octanol–water partition coefficient (Wildman–Crippen LogP) is 5.65. The van der Waals surface area contributed by atoms with Crippen LogP contribution in [0.3, 0.4) is 0 Å². The number of aryl methyl sites for hydroxylation is 1. The van der Waals surface area contributed by atoms with Crippen molar-refractivity contribution < 1.29 is 0 Å². The molecule has 4 nitrogen and oxygen atoms in total. The van der Waals surface area contributed by atoms with Crippen LogP contribution >= 0.6 is 11.6 Å². The molecular formula is C24H31ClN4. The van der Waals surface area contributed by atoms with Crippen LogP contribution in [-0.4, -0.2) is 48.0 Å². The summed E-state index contributed by atoms with van der Waals surface area (Å²) < 4.78 is 0. The summed E-state index contributed by atoms with van der Waals surface area (Å²) in [6.07, 6.45) is 5.49. The number of hydrogen-bond acceptors (Lipinski definition) is 4. The molecule has 1 aliphatic heterocycles. The van der Waals surface area contributed by atoms with E-state index in [1.807, 2.05) is 18.2 Å². The van der Waals surface area contributed by atoms with E-state index in [9.17, 15) is 0 Å². The van der Waals surface area contributed by atoms with Gasteiger partial charge in [-0.05, 0) is 38.4 Å². The highest BCUT2D eigenvalue weighted by atomic mass is 35.5. The summed E-state index contributed by atoms with van der Waals surface area (Å²) in [7, 11) is 2.19. The molecule has 0 radical (unpaired) electrons. The molecule has 0 unspecified atom stereocenters. The van der Waals surface area contributed by atoms with Crippen molar-refractivity contribution >= 4 is 28.6 Å². The van der Waals surface area contributed by atoms with Crippen LogP contribution in [0.5, 0.6) is 0 Å². The van der Waals surface area contributed by atoms with Gasteiger partial charge in [0.15, 0.2) is 0 Å². The summed E-state index contributed by atoms with van der Waals surface area (Å²) in [6, 6.07) is 7.74. The summed E-state index contributed by atoms with van der Waals surface area (Å²) in [5, 5.41) is 10.2. The van der Waals surface area contributed by atoms with E-state index in [1.165, 1.54) is 51.1 Å². The third kappa shape index (κ3) is 6.06. The maximum absolute atomic E-state index is 8.97. The van der Waals surface area contributed by atoms with E-state index in [-0.39, 0.29) is 0 Å². The van der Waals surface area contributed by atoms with Crippen molar-refractivity contribution in [3.8, 4) is 6.07 Å². The summed E-state index contributed by atoms with van der Waals surface area (Å²) in [4.78, 5) is 9.18. The number of likely N-dealkylation sites (N-methyl/N-ethyl adjacent to an activating group) is 1. The Morgan fingerprint density at radius 2 is 2.00 bits per heavy atom. The first kappa shape index (κ1) is 22.9.